The van der Waals surface area contributed by atoms with E-state index in [-0.39, 0.29) is 0 Å². The van der Waals surface area contributed by atoms with E-state index < -0.39 is 0 Å². The Balaban J connectivity index is 1.99. The van der Waals surface area contributed by atoms with Crippen molar-refractivity contribution in [3.63, 3.8) is 0 Å². The molecule has 0 aliphatic heterocycles. The molecular formula is C7H13I. The van der Waals surface area contributed by atoms with Crippen LogP contribution in [0.15, 0.2) is 0 Å². The Morgan fingerprint density at radius 3 is 2.62 bits per heavy atom. The third-order valence-electron chi connectivity index (χ3n) is 1.93. The minimum absolute atomic E-state index is 1.11. The number of hydrogen-bond donors (Lipinski definition) is 0. The summed E-state index contributed by atoms with van der Waals surface area (Å²) in [6.07, 6.45) is 4.39. The molecule has 0 aromatic carbocycles. The van der Waals surface area contributed by atoms with Crippen molar-refractivity contribution in [3.05, 3.63) is 0 Å². The van der Waals surface area contributed by atoms with Crippen LogP contribution < -0.4 is 0 Å². The van der Waals surface area contributed by atoms with Gasteiger partial charge in [0.1, 0.15) is 0 Å². The average Bonchev–Trinajstić information content (AvgIpc) is 2.48. The summed E-state index contributed by atoms with van der Waals surface area (Å²) in [5.74, 6) is 2.23. The predicted octanol–water partition coefficient (Wildman–Crippen LogP) is 2.86. The summed E-state index contributed by atoms with van der Waals surface area (Å²) in [5, 5.41) is 0. The molecule has 0 aromatic rings. The molecule has 0 heterocycles. The van der Waals surface area contributed by atoms with Gasteiger partial charge >= 0.3 is 0 Å². The number of alkyl halides is 1. The Labute approximate surface area is 65.2 Å². The van der Waals surface area contributed by atoms with Gasteiger partial charge in [-0.15, -0.1) is 0 Å². The molecule has 0 saturated heterocycles. The lowest BCUT2D eigenvalue weighted by atomic mass is 10.2. The van der Waals surface area contributed by atoms with Gasteiger partial charge < -0.3 is 0 Å². The molecule has 48 valence electrons. The predicted molar refractivity (Wildman–Crippen MR) is 45.4 cm³/mol. The van der Waals surface area contributed by atoms with E-state index in [9.17, 15) is 0 Å². The van der Waals surface area contributed by atoms with Crippen LogP contribution >= 0.6 is 22.6 Å². The lowest BCUT2D eigenvalue weighted by Gasteiger charge is -1.89. The highest BCUT2D eigenvalue weighted by Crippen LogP contribution is 2.42. The zero-order chi connectivity index (χ0) is 5.98. The largest absolute Gasteiger partial charge is 0.0861 e. The third-order valence-corrected chi connectivity index (χ3v) is 3.06. The molecule has 0 N–H and O–H groups in total. The van der Waals surface area contributed by atoms with Crippen molar-refractivity contribution in [1.29, 1.82) is 0 Å². The van der Waals surface area contributed by atoms with E-state index >= 15 is 0 Å². The fraction of sp³-hybridized carbons (Fsp3) is 1.00. The Morgan fingerprint density at radius 1 is 1.50 bits per heavy atom. The van der Waals surface area contributed by atoms with E-state index in [0.717, 1.165) is 11.8 Å². The van der Waals surface area contributed by atoms with Crippen molar-refractivity contribution in [2.75, 3.05) is 4.43 Å². The van der Waals surface area contributed by atoms with Gasteiger partial charge in [0, 0.05) is 4.43 Å². The Kier molecular flexibility index (Phi) is 2.60. The molecule has 2 atom stereocenters. The lowest BCUT2D eigenvalue weighted by Crippen LogP contribution is -1.80. The van der Waals surface area contributed by atoms with Gasteiger partial charge in [-0.2, -0.15) is 0 Å². The molecule has 8 heavy (non-hydrogen) atoms. The van der Waals surface area contributed by atoms with Gasteiger partial charge in [0.15, 0.2) is 0 Å². The Morgan fingerprint density at radius 2 is 2.25 bits per heavy atom. The van der Waals surface area contributed by atoms with Crippen LogP contribution in [0.25, 0.3) is 0 Å². The van der Waals surface area contributed by atoms with Crippen LogP contribution in [0.4, 0.5) is 0 Å². The summed E-state index contributed by atoms with van der Waals surface area (Å²) in [4.78, 5) is 0. The van der Waals surface area contributed by atoms with Crippen LogP contribution in [0, 0.1) is 11.8 Å². The van der Waals surface area contributed by atoms with E-state index in [1.54, 1.807) is 0 Å². The first kappa shape index (κ1) is 6.84. The zero-order valence-corrected chi connectivity index (χ0v) is 7.52. The van der Waals surface area contributed by atoms with Crippen LogP contribution in [0.1, 0.15) is 26.2 Å². The summed E-state index contributed by atoms with van der Waals surface area (Å²) < 4.78 is 1.39. The van der Waals surface area contributed by atoms with E-state index in [4.69, 9.17) is 0 Å². The van der Waals surface area contributed by atoms with Gasteiger partial charge in [-0.25, -0.2) is 0 Å². The second-order valence-corrected chi connectivity index (χ2v) is 3.58. The summed E-state index contributed by atoms with van der Waals surface area (Å²) in [6, 6.07) is 0. The van der Waals surface area contributed by atoms with Crippen molar-refractivity contribution < 1.29 is 0 Å². The molecule has 1 heteroatoms. The second-order valence-electron chi connectivity index (χ2n) is 2.70. The maximum atomic E-state index is 2.49. The highest BCUT2D eigenvalue weighted by molar-refractivity contribution is 14.1. The zero-order valence-electron chi connectivity index (χ0n) is 5.36. The van der Waals surface area contributed by atoms with Gasteiger partial charge in [-0.05, 0) is 18.3 Å². The number of halogens is 1. The molecule has 1 aliphatic carbocycles. The van der Waals surface area contributed by atoms with E-state index in [1.165, 1.54) is 23.7 Å². The summed E-state index contributed by atoms with van der Waals surface area (Å²) in [6.45, 7) is 2.28. The minimum atomic E-state index is 1.11. The molecule has 1 aliphatic rings. The maximum absolute atomic E-state index is 2.49. The summed E-state index contributed by atoms with van der Waals surface area (Å²) in [7, 11) is 0. The van der Waals surface area contributed by atoms with Crippen LogP contribution in [0.3, 0.4) is 0 Å². The summed E-state index contributed by atoms with van der Waals surface area (Å²) in [5.41, 5.74) is 0. The standard InChI is InChI=1S/C7H13I/c1-2-3-6-4-7(6)5-8/h6-7H,2-5H2,1H3. The molecule has 1 saturated carbocycles. The third kappa shape index (κ3) is 1.61. The fourth-order valence-electron chi connectivity index (χ4n) is 1.22. The Bertz CT molecular complexity index is 70.8. The van der Waals surface area contributed by atoms with Crippen molar-refractivity contribution in [1.82, 2.24) is 0 Å². The summed E-state index contributed by atoms with van der Waals surface area (Å²) >= 11 is 2.49. The van der Waals surface area contributed by atoms with Crippen molar-refractivity contribution in [3.8, 4) is 0 Å². The lowest BCUT2D eigenvalue weighted by molar-refractivity contribution is 0.666. The van der Waals surface area contributed by atoms with Gasteiger partial charge in [0.25, 0.3) is 0 Å². The Hall–Kier alpha value is 0.730. The average molecular weight is 224 g/mol. The highest BCUT2D eigenvalue weighted by Gasteiger charge is 2.34. The topological polar surface area (TPSA) is 0 Å². The second kappa shape index (κ2) is 3.04. The van der Waals surface area contributed by atoms with Crippen molar-refractivity contribution >= 4 is 22.6 Å². The first-order valence-corrected chi connectivity index (χ1v) is 4.97. The van der Waals surface area contributed by atoms with E-state index in [1.807, 2.05) is 0 Å². The minimum Gasteiger partial charge on any atom is -0.0861 e. The number of rotatable bonds is 3. The normalized spacial score (nSPS) is 35.2. The molecule has 0 spiro atoms. The van der Waals surface area contributed by atoms with Crippen LogP contribution in [-0.2, 0) is 0 Å². The molecule has 0 amide bonds. The van der Waals surface area contributed by atoms with Gasteiger partial charge in [0.05, 0.1) is 0 Å². The molecule has 1 rings (SSSR count). The molecule has 2 unspecified atom stereocenters. The van der Waals surface area contributed by atoms with Gasteiger partial charge in [0.2, 0.25) is 0 Å². The quantitative estimate of drug-likeness (QED) is 0.510. The van der Waals surface area contributed by atoms with Gasteiger partial charge in [-0.1, -0.05) is 42.4 Å². The molecule has 0 nitrogen and oxygen atoms in total. The van der Waals surface area contributed by atoms with Crippen LogP contribution in [-0.4, -0.2) is 4.43 Å². The molecular weight excluding hydrogens is 211 g/mol. The van der Waals surface area contributed by atoms with E-state index in [2.05, 4.69) is 29.5 Å². The molecule has 0 radical (unpaired) electrons. The van der Waals surface area contributed by atoms with Crippen LogP contribution in [0.5, 0.6) is 0 Å². The van der Waals surface area contributed by atoms with Crippen molar-refractivity contribution in [2.24, 2.45) is 11.8 Å². The van der Waals surface area contributed by atoms with Gasteiger partial charge in [-0.3, -0.25) is 0 Å². The fourth-order valence-corrected chi connectivity index (χ4v) is 2.30. The highest BCUT2D eigenvalue weighted by atomic mass is 127. The molecule has 0 bridgehead atoms. The maximum Gasteiger partial charge on any atom is 0.00264 e. The molecule has 1 fully saturated rings. The van der Waals surface area contributed by atoms with E-state index in [0.29, 0.717) is 0 Å². The number of hydrogen-bond acceptors (Lipinski definition) is 0. The SMILES string of the molecule is CCCC1CC1CI. The first-order valence-electron chi connectivity index (χ1n) is 3.44. The van der Waals surface area contributed by atoms with Crippen molar-refractivity contribution in [2.45, 2.75) is 26.2 Å². The molecule has 0 aromatic heterocycles. The first-order chi connectivity index (χ1) is 3.88. The monoisotopic (exact) mass is 224 g/mol. The smallest absolute Gasteiger partial charge is 0.00264 e. The van der Waals surface area contributed by atoms with Crippen LogP contribution in [0.2, 0.25) is 0 Å².